The van der Waals surface area contributed by atoms with Gasteiger partial charge in [0.1, 0.15) is 17.1 Å². The summed E-state index contributed by atoms with van der Waals surface area (Å²) in [5, 5.41) is 8.31. The largest absolute Gasteiger partial charge is 0.493 e. The van der Waals surface area contributed by atoms with Crippen molar-refractivity contribution in [3.63, 3.8) is 0 Å². The lowest BCUT2D eigenvalue weighted by atomic mass is 10.1. The third-order valence-electron chi connectivity index (χ3n) is 5.81. The monoisotopic (exact) mass is 513 g/mol. The fourth-order valence-electron chi connectivity index (χ4n) is 4.05. The maximum atomic E-state index is 13.1. The topological polar surface area (TPSA) is 99.8 Å². The predicted molar refractivity (Wildman–Crippen MR) is 147 cm³/mol. The molecule has 1 amide bonds. The molecule has 0 aliphatic carbocycles. The Hall–Kier alpha value is -4.66. The molecule has 0 aliphatic heterocycles. The first-order valence-electron chi connectivity index (χ1n) is 12.6. The zero-order valence-electron chi connectivity index (χ0n) is 22.0. The van der Waals surface area contributed by atoms with Crippen molar-refractivity contribution in [2.45, 2.75) is 33.7 Å². The van der Waals surface area contributed by atoms with E-state index >= 15 is 0 Å². The molecule has 3 heterocycles. The van der Waals surface area contributed by atoms with Crippen LogP contribution in [0, 0.1) is 0 Å². The molecule has 196 valence electrons. The van der Waals surface area contributed by atoms with E-state index in [1.165, 1.54) is 7.11 Å². The molecule has 0 unspecified atom stereocenters. The number of hydrogen-bond donors (Lipinski definition) is 1. The van der Waals surface area contributed by atoms with Gasteiger partial charge < -0.3 is 14.8 Å². The van der Waals surface area contributed by atoms with Gasteiger partial charge in [-0.2, -0.15) is 5.10 Å². The number of aromatic nitrogens is 4. The van der Waals surface area contributed by atoms with Gasteiger partial charge in [-0.05, 0) is 42.3 Å². The second-order valence-corrected chi connectivity index (χ2v) is 8.27. The molecule has 0 atom stereocenters. The number of nitrogens with one attached hydrogen (secondary N) is 1. The molecule has 9 nitrogen and oxygen atoms in total. The summed E-state index contributed by atoms with van der Waals surface area (Å²) in [6, 6.07) is 16.5. The number of ether oxygens (including phenoxy) is 2. The van der Waals surface area contributed by atoms with E-state index in [0.29, 0.717) is 35.7 Å². The minimum atomic E-state index is -0.385. The number of amides is 1. The summed E-state index contributed by atoms with van der Waals surface area (Å²) < 4.78 is 14.0. The molecular formula is C29H31N5O4. The van der Waals surface area contributed by atoms with Gasteiger partial charge >= 0.3 is 5.97 Å². The lowest BCUT2D eigenvalue weighted by Gasteiger charge is -2.09. The lowest BCUT2D eigenvalue weighted by Crippen LogP contribution is -2.14. The number of methoxy groups -OCH3 is 1. The fourth-order valence-corrected chi connectivity index (χ4v) is 4.05. The van der Waals surface area contributed by atoms with Crippen molar-refractivity contribution in [2.24, 2.45) is 0 Å². The summed E-state index contributed by atoms with van der Waals surface area (Å²) in [6.07, 6.45) is 5.96. The molecule has 0 bridgehead atoms. The predicted octanol–water partition coefficient (Wildman–Crippen LogP) is 5.59. The number of fused-ring (bicyclic) bond motifs is 2. The quantitative estimate of drug-likeness (QED) is 0.272. The average molecular weight is 514 g/mol. The smallest absolute Gasteiger partial charge is 0.337 e. The Morgan fingerprint density at radius 1 is 1.03 bits per heavy atom. The number of hydrogen-bond acceptors (Lipinski definition) is 6. The number of esters is 1. The SMILES string of the molecule is CC.CCCOc1ccn2c(C(=O)Nc3cccc4c3cnn4Cc3cccc(C(=O)OC)c3)cnc2c1. The van der Waals surface area contributed by atoms with Gasteiger partial charge in [0, 0.05) is 17.6 Å². The second kappa shape index (κ2) is 12.1. The summed E-state index contributed by atoms with van der Waals surface area (Å²) in [7, 11) is 1.36. The molecule has 5 rings (SSSR count). The molecule has 2 aromatic carbocycles. The number of benzene rings is 2. The van der Waals surface area contributed by atoms with E-state index in [4.69, 9.17) is 9.47 Å². The van der Waals surface area contributed by atoms with E-state index in [0.717, 1.165) is 28.6 Å². The molecule has 0 saturated heterocycles. The van der Waals surface area contributed by atoms with Gasteiger partial charge in [-0.15, -0.1) is 0 Å². The molecule has 9 heteroatoms. The van der Waals surface area contributed by atoms with Gasteiger partial charge in [-0.3, -0.25) is 13.9 Å². The number of nitrogens with zero attached hydrogens (tertiary/aromatic N) is 4. The van der Waals surface area contributed by atoms with Crippen molar-refractivity contribution in [2.75, 3.05) is 19.0 Å². The van der Waals surface area contributed by atoms with Gasteiger partial charge in [0.05, 0.1) is 49.4 Å². The Labute approximate surface area is 221 Å². The molecule has 38 heavy (non-hydrogen) atoms. The second-order valence-electron chi connectivity index (χ2n) is 8.27. The molecule has 1 N–H and O–H groups in total. The van der Waals surface area contributed by atoms with Crippen LogP contribution in [0.2, 0.25) is 0 Å². The molecule has 0 fully saturated rings. The Kier molecular flexibility index (Phi) is 8.37. The van der Waals surface area contributed by atoms with Crippen LogP contribution in [0.4, 0.5) is 5.69 Å². The molecule has 5 aromatic rings. The first-order valence-corrected chi connectivity index (χ1v) is 12.6. The minimum Gasteiger partial charge on any atom is -0.493 e. The van der Waals surface area contributed by atoms with Crippen LogP contribution in [0.1, 0.15) is 53.6 Å². The van der Waals surface area contributed by atoms with Crippen LogP contribution in [0.3, 0.4) is 0 Å². The summed E-state index contributed by atoms with van der Waals surface area (Å²) in [5.41, 5.74) is 3.93. The zero-order chi connectivity index (χ0) is 27.1. The van der Waals surface area contributed by atoms with Gasteiger partial charge in [-0.25, -0.2) is 9.78 Å². The van der Waals surface area contributed by atoms with Gasteiger partial charge in [-0.1, -0.05) is 39.0 Å². The van der Waals surface area contributed by atoms with Crippen molar-refractivity contribution in [3.8, 4) is 5.75 Å². The maximum Gasteiger partial charge on any atom is 0.337 e. The lowest BCUT2D eigenvalue weighted by molar-refractivity contribution is 0.0600. The van der Waals surface area contributed by atoms with Crippen molar-refractivity contribution in [3.05, 3.63) is 90.0 Å². The third kappa shape index (κ3) is 5.51. The standard InChI is InChI=1S/C27H25N5O4.C2H6/c1-3-12-36-20-10-11-31-24(16-28-25(31)14-20)26(33)30-22-8-5-9-23-21(22)15-29-32(23)17-18-6-4-7-19(13-18)27(34)35-2;1-2/h4-11,13-16H,3,12,17H2,1-2H3,(H,30,33);1-2H3. The van der Waals surface area contributed by atoms with E-state index in [9.17, 15) is 9.59 Å². The molecule has 0 radical (unpaired) electrons. The highest BCUT2D eigenvalue weighted by molar-refractivity contribution is 6.08. The summed E-state index contributed by atoms with van der Waals surface area (Å²) >= 11 is 0. The number of anilines is 1. The van der Waals surface area contributed by atoms with Gasteiger partial charge in [0.2, 0.25) is 0 Å². The highest BCUT2D eigenvalue weighted by Gasteiger charge is 2.16. The zero-order valence-corrected chi connectivity index (χ0v) is 22.0. The molecule has 3 aromatic heterocycles. The van der Waals surface area contributed by atoms with E-state index in [1.807, 2.05) is 67.9 Å². The number of carbonyl (C=O) groups excluding carboxylic acids is 2. The minimum absolute atomic E-state index is 0.282. The van der Waals surface area contributed by atoms with Crippen molar-refractivity contribution >= 4 is 34.1 Å². The Morgan fingerprint density at radius 2 is 1.84 bits per heavy atom. The first-order chi connectivity index (χ1) is 18.6. The van der Waals surface area contributed by atoms with Crippen LogP contribution in [-0.2, 0) is 11.3 Å². The van der Waals surface area contributed by atoms with E-state index in [-0.39, 0.29) is 11.9 Å². The number of rotatable bonds is 8. The maximum absolute atomic E-state index is 13.1. The fraction of sp³-hybridized carbons (Fsp3) is 0.241. The number of pyridine rings is 1. The summed E-state index contributed by atoms with van der Waals surface area (Å²) in [6.45, 7) is 7.13. The van der Waals surface area contributed by atoms with Crippen molar-refractivity contribution in [1.29, 1.82) is 0 Å². The Bertz CT molecular complexity index is 1570. The number of imidazole rings is 1. The van der Waals surface area contributed by atoms with E-state index < -0.39 is 0 Å². The van der Waals surface area contributed by atoms with E-state index in [2.05, 4.69) is 15.4 Å². The van der Waals surface area contributed by atoms with E-state index in [1.54, 1.807) is 35.1 Å². The Balaban J connectivity index is 0.00000164. The average Bonchev–Trinajstić information content (AvgIpc) is 3.57. The van der Waals surface area contributed by atoms with Crippen LogP contribution in [-0.4, -0.2) is 44.8 Å². The Morgan fingerprint density at radius 3 is 2.63 bits per heavy atom. The normalized spacial score (nSPS) is 10.6. The van der Waals surface area contributed by atoms with Crippen LogP contribution < -0.4 is 10.1 Å². The number of carbonyl (C=O) groups is 2. The van der Waals surface area contributed by atoms with Crippen LogP contribution in [0.25, 0.3) is 16.6 Å². The van der Waals surface area contributed by atoms with Crippen molar-refractivity contribution in [1.82, 2.24) is 19.2 Å². The highest BCUT2D eigenvalue weighted by Crippen LogP contribution is 2.25. The molecule has 0 aliphatic rings. The van der Waals surface area contributed by atoms with Gasteiger partial charge in [0.15, 0.2) is 0 Å². The van der Waals surface area contributed by atoms with Gasteiger partial charge in [0.25, 0.3) is 5.91 Å². The third-order valence-corrected chi connectivity index (χ3v) is 5.81. The first kappa shape index (κ1) is 26.4. The molecular weight excluding hydrogens is 482 g/mol. The summed E-state index contributed by atoms with van der Waals surface area (Å²) in [4.78, 5) is 29.4. The highest BCUT2D eigenvalue weighted by atomic mass is 16.5. The van der Waals surface area contributed by atoms with Crippen LogP contribution in [0.15, 0.2) is 73.2 Å². The van der Waals surface area contributed by atoms with Crippen molar-refractivity contribution < 1.29 is 19.1 Å². The summed E-state index contributed by atoms with van der Waals surface area (Å²) in [5.74, 6) is 0.0521. The van der Waals surface area contributed by atoms with Crippen LogP contribution in [0.5, 0.6) is 5.75 Å². The molecule has 0 spiro atoms. The molecule has 0 saturated carbocycles. The van der Waals surface area contributed by atoms with Crippen LogP contribution >= 0.6 is 0 Å².